The summed E-state index contributed by atoms with van der Waals surface area (Å²) in [5.41, 5.74) is 1.02. The number of nitrogens with zero attached hydrogens (tertiary/aromatic N) is 3. The Hall–Kier alpha value is -1.24. The van der Waals surface area contributed by atoms with Gasteiger partial charge in [0, 0.05) is 23.5 Å². The van der Waals surface area contributed by atoms with Crippen LogP contribution in [0.25, 0.3) is 11.4 Å². The standard InChI is InChI=1S/C12H15N3O2S/c1-9-7-16-4-3-15(9)6-11-13-12(14-17-11)10-2-5-18-8-10/h2,5,8-9H,3-4,6-7H2,1H3/t9-/m1/s1. The Morgan fingerprint density at radius 2 is 2.50 bits per heavy atom. The van der Waals surface area contributed by atoms with E-state index >= 15 is 0 Å². The molecular formula is C12H15N3O2S. The highest BCUT2D eigenvalue weighted by Crippen LogP contribution is 2.19. The van der Waals surface area contributed by atoms with Crippen LogP contribution >= 0.6 is 11.3 Å². The first-order valence-electron chi connectivity index (χ1n) is 6.00. The smallest absolute Gasteiger partial charge is 0.241 e. The fourth-order valence-electron chi connectivity index (χ4n) is 2.00. The van der Waals surface area contributed by atoms with Gasteiger partial charge in [-0.05, 0) is 18.4 Å². The van der Waals surface area contributed by atoms with Crippen molar-refractivity contribution in [2.45, 2.75) is 19.5 Å². The van der Waals surface area contributed by atoms with Crippen LogP contribution < -0.4 is 0 Å². The van der Waals surface area contributed by atoms with Gasteiger partial charge in [-0.2, -0.15) is 16.3 Å². The molecule has 0 aliphatic carbocycles. The van der Waals surface area contributed by atoms with Crippen LogP contribution in [0, 0.1) is 0 Å². The SMILES string of the molecule is C[C@@H]1COCCN1Cc1nc(-c2ccsc2)no1. The van der Waals surface area contributed by atoms with Crippen molar-refractivity contribution in [2.24, 2.45) is 0 Å². The molecule has 3 heterocycles. The van der Waals surface area contributed by atoms with Gasteiger partial charge in [0.15, 0.2) is 0 Å². The summed E-state index contributed by atoms with van der Waals surface area (Å²) in [6.07, 6.45) is 0. The number of aromatic nitrogens is 2. The van der Waals surface area contributed by atoms with E-state index in [1.165, 1.54) is 0 Å². The maximum absolute atomic E-state index is 5.41. The molecule has 0 amide bonds. The van der Waals surface area contributed by atoms with Crippen LogP contribution in [-0.4, -0.2) is 40.8 Å². The molecule has 1 fully saturated rings. The molecule has 0 aromatic carbocycles. The predicted octanol–water partition coefficient (Wildman–Crippen LogP) is 2.02. The molecule has 5 nitrogen and oxygen atoms in total. The lowest BCUT2D eigenvalue weighted by Gasteiger charge is -2.31. The number of hydrogen-bond acceptors (Lipinski definition) is 6. The third-order valence-corrected chi connectivity index (χ3v) is 3.77. The van der Waals surface area contributed by atoms with Crippen molar-refractivity contribution in [3.63, 3.8) is 0 Å². The fraction of sp³-hybridized carbons (Fsp3) is 0.500. The van der Waals surface area contributed by atoms with Gasteiger partial charge in [0.2, 0.25) is 11.7 Å². The molecule has 0 unspecified atom stereocenters. The van der Waals surface area contributed by atoms with E-state index in [4.69, 9.17) is 9.26 Å². The van der Waals surface area contributed by atoms with E-state index in [0.29, 0.717) is 24.3 Å². The van der Waals surface area contributed by atoms with Crippen molar-refractivity contribution in [3.8, 4) is 11.4 Å². The summed E-state index contributed by atoms with van der Waals surface area (Å²) < 4.78 is 10.7. The molecule has 96 valence electrons. The minimum Gasteiger partial charge on any atom is -0.379 e. The Kier molecular flexibility index (Phi) is 3.40. The Labute approximate surface area is 109 Å². The predicted molar refractivity (Wildman–Crippen MR) is 68.3 cm³/mol. The molecule has 1 aliphatic rings. The van der Waals surface area contributed by atoms with Crippen LogP contribution in [-0.2, 0) is 11.3 Å². The second-order valence-corrected chi connectivity index (χ2v) is 5.20. The highest BCUT2D eigenvalue weighted by molar-refractivity contribution is 7.08. The minimum atomic E-state index is 0.398. The lowest BCUT2D eigenvalue weighted by Crippen LogP contribution is -2.42. The van der Waals surface area contributed by atoms with E-state index in [1.54, 1.807) is 11.3 Å². The highest BCUT2D eigenvalue weighted by atomic mass is 32.1. The summed E-state index contributed by atoms with van der Waals surface area (Å²) in [6, 6.07) is 2.40. The molecule has 2 aromatic rings. The van der Waals surface area contributed by atoms with Gasteiger partial charge in [-0.25, -0.2) is 0 Å². The van der Waals surface area contributed by atoms with Crippen molar-refractivity contribution in [3.05, 3.63) is 22.7 Å². The number of ether oxygens (including phenoxy) is 1. The van der Waals surface area contributed by atoms with Crippen LogP contribution in [0.5, 0.6) is 0 Å². The van der Waals surface area contributed by atoms with E-state index in [-0.39, 0.29) is 0 Å². The zero-order valence-electron chi connectivity index (χ0n) is 10.2. The van der Waals surface area contributed by atoms with Crippen LogP contribution in [0.2, 0.25) is 0 Å². The first-order chi connectivity index (χ1) is 8.83. The third-order valence-electron chi connectivity index (χ3n) is 3.09. The number of rotatable bonds is 3. The first-order valence-corrected chi connectivity index (χ1v) is 6.94. The molecule has 0 spiro atoms. The zero-order chi connectivity index (χ0) is 12.4. The molecule has 0 saturated carbocycles. The molecule has 0 N–H and O–H groups in total. The second-order valence-electron chi connectivity index (χ2n) is 4.42. The Morgan fingerprint density at radius 3 is 3.28 bits per heavy atom. The van der Waals surface area contributed by atoms with Gasteiger partial charge in [-0.3, -0.25) is 4.90 Å². The van der Waals surface area contributed by atoms with E-state index in [0.717, 1.165) is 25.3 Å². The van der Waals surface area contributed by atoms with Gasteiger partial charge >= 0.3 is 0 Å². The lowest BCUT2D eigenvalue weighted by molar-refractivity contribution is -0.00852. The molecule has 1 saturated heterocycles. The molecule has 0 radical (unpaired) electrons. The molecular weight excluding hydrogens is 250 g/mol. The maximum Gasteiger partial charge on any atom is 0.241 e. The van der Waals surface area contributed by atoms with Gasteiger partial charge in [-0.1, -0.05) is 5.16 Å². The van der Waals surface area contributed by atoms with Gasteiger partial charge in [0.25, 0.3) is 0 Å². The van der Waals surface area contributed by atoms with Crippen molar-refractivity contribution in [1.29, 1.82) is 0 Å². The summed E-state index contributed by atoms with van der Waals surface area (Å²) in [4.78, 5) is 6.73. The molecule has 1 atom stereocenters. The Morgan fingerprint density at radius 1 is 1.56 bits per heavy atom. The van der Waals surface area contributed by atoms with E-state index in [9.17, 15) is 0 Å². The van der Waals surface area contributed by atoms with Crippen molar-refractivity contribution in [2.75, 3.05) is 19.8 Å². The van der Waals surface area contributed by atoms with Gasteiger partial charge in [0.05, 0.1) is 19.8 Å². The van der Waals surface area contributed by atoms with Crippen molar-refractivity contribution in [1.82, 2.24) is 15.0 Å². The minimum absolute atomic E-state index is 0.398. The highest BCUT2D eigenvalue weighted by Gasteiger charge is 2.21. The first kappa shape index (κ1) is 11.8. The van der Waals surface area contributed by atoms with Crippen LogP contribution in [0.1, 0.15) is 12.8 Å². The monoisotopic (exact) mass is 265 g/mol. The normalized spacial score (nSPS) is 21.3. The molecule has 1 aliphatic heterocycles. The summed E-state index contributed by atoms with van der Waals surface area (Å²) in [6.45, 7) is 5.30. The van der Waals surface area contributed by atoms with Gasteiger partial charge in [-0.15, -0.1) is 0 Å². The van der Waals surface area contributed by atoms with Crippen molar-refractivity contribution < 1.29 is 9.26 Å². The van der Waals surface area contributed by atoms with E-state index < -0.39 is 0 Å². The summed E-state index contributed by atoms with van der Waals surface area (Å²) in [5.74, 6) is 1.34. The van der Waals surface area contributed by atoms with Gasteiger partial charge < -0.3 is 9.26 Å². The lowest BCUT2D eigenvalue weighted by atomic mass is 10.2. The summed E-state index contributed by atoms with van der Waals surface area (Å²) in [7, 11) is 0. The fourth-order valence-corrected chi connectivity index (χ4v) is 2.63. The summed E-state index contributed by atoms with van der Waals surface area (Å²) in [5, 5.41) is 8.04. The average molecular weight is 265 g/mol. The van der Waals surface area contributed by atoms with Gasteiger partial charge in [0.1, 0.15) is 0 Å². The van der Waals surface area contributed by atoms with E-state index in [1.807, 2.05) is 16.8 Å². The number of hydrogen-bond donors (Lipinski definition) is 0. The Balaban J connectivity index is 1.70. The molecule has 0 bridgehead atoms. The molecule has 2 aromatic heterocycles. The van der Waals surface area contributed by atoms with Crippen molar-refractivity contribution >= 4 is 11.3 Å². The quantitative estimate of drug-likeness (QED) is 0.849. The van der Waals surface area contributed by atoms with Crippen LogP contribution in [0.3, 0.4) is 0 Å². The second kappa shape index (κ2) is 5.17. The largest absolute Gasteiger partial charge is 0.379 e. The van der Waals surface area contributed by atoms with E-state index in [2.05, 4.69) is 22.0 Å². The average Bonchev–Trinajstić information content (AvgIpc) is 3.02. The molecule has 3 rings (SSSR count). The molecule has 18 heavy (non-hydrogen) atoms. The Bertz CT molecular complexity index is 497. The number of thiophene rings is 1. The number of morpholine rings is 1. The topological polar surface area (TPSA) is 51.4 Å². The zero-order valence-corrected chi connectivity index (χ0v) is 11.0. The summed E-state index contributed by atoms with van der Waals surface area (Å²) >= 11 is 1.63. The third kappa shape index (κ3) is 2.45. The van der Waals surface area contributed by atoms with Crippen LogP contribution in [0.4, 0.5) is 0 Å². The maximum atomic E-state index is 5.41. The molecule has 6 heteroatoms. The van der Waals surface area contributed by atoms with Crippen LogP contribution in [0.15, 0.2) is 21.3 Å².